The van der Waals surface area contributed by atoms with Crippen LogP contribution in [0.15, 0.2) is 12.7 Å². The first-order valence-corrected chi connectivity index (χ1v) is 8.37. The third-order valence-corrected chi connectivity index (χ3v) is 4.95. The number of aromatic nitrogens is 4. The molecule has 1 aliphatic heterocycles. The minimum absolute atomic E-state index is 0.0240. The summed E-state index contributed by atoms with van der Waals surface area (Å²) in [6.07, 6.45) is 3.68. The van der Waals surface area contributed by atoms with E-state index >= 15 is 0 Å². The minimum atomic E-state index is -2.18. The summed E-state index contributed by atoms with van der Waals surface area (Å²) in [5.41, 5.74) is 4.02. The van der Waals surface area contributed by atoms with Crippen molar-refractivity contribution in [2.24, 2.45) is 5.92 Å². The number of nitrogen functional groups attached to an aromatic ring is 1. The molecule has 1 saturated heterocycles. The SMILES string of the molecule is C#C[C@]1(O)C(C(CC)N(F)C(=O)O)C(CO)O[C@H]1n1cnc2c(N)ncnc21. The molecule has 0 bridgehead atoms. The van der Waals surface area contributed by atoms with E-state index in [1.54, 1.807) is 0 Å². The maximum absolute atomic E-state index is 14.3. The van der Waals surface area contributed by atoms with Crippen molar-refractivity contribution in [1.29, 1.82) is 0 Å². The zero-order valence-corrected chi connectivity index (χ0v) is 14.8. The van der Waals surface area contributed by atoms with Gasteiger partial charge in [0.15, 0.2) is 23.3 Å². The largest absolute Gasteiger partial charge is 0.463 e. The van der Waals surface area contributed by atoms with Crippen molar-refractivity contribution in [2.75, 3.05) is 12.3 Å². The van der Waals surface area contributed by atoms with Crippen LogP contribution in [-0.4, -0.2) is 70.4 Å². The number of aliphatic hydroxyl groups is 2. The van der Waals surface area contributed by atoms with Gasteiger partial charge in [0.05, 0.1) is 31.0 Å². The lowest BCUT2D eigenvalue weighted by Crippen LogP contribution is -2.52. The Morgan fingerprint density at radius 1 is 1.57 bits per heavy atom. The van der Waals surface area contributed by atoms with Crippen LogP contribution >= 0.6 is 0 Å². The summed E-state index contributed by atoms with van der Waals surface area (Å²) in [6, 6.07) is -1.37. The average molecular weight is 394 g/mol. The van der Waals surface area contributed by atoms with Crippen LogP contribution in [0.4, 0.5) is 15.1 Å². The Labute approximate surface area is 158 Å². The smallest absolute Gasteiger partial charge is 0.435 e. The van der Waals surface area contributed by atoms with Gasteiger partial charge in [0.25, 0.3) is 0 Å². The molecular weight excluding hydrogens is 375 g/mol. The fourth-order valence-electron chi connectivity index (χ4n) is 3.68. The molecular formula is C16H19FN6O5. The number of imidazole rings is 1. The molecule has 150 valence electrons. The first-order chi connectivity index (χ1) is 13.3. The predicted molar refractivity (Wildman–Crippen MR) is 93.1 cm³/mol. The summed E-state index contributed by atoms with van der Waals surface area (Å²) in [4.78, 5) is 23.1. The molecule has 3 heterocycles. The predicted octanol–water partition coefficient (Wildman–Crippen LogP) is -0.0782. The summed E-state index contributed by atoms with van der Waals surface area (Å²) in [7, 11) is 0. The number of halogens is 1. The second kappa shape index (κ2) is 7.19. The van der Waals surface area contributed by atoms with Crippen LogP contribution in [0.5, 0.6) is 0 Å². The molecule has 28 heavy (non-hydrogen) atoms. The fraction of sp³-hybridized carbons (Fsp3) is 0.500. The fourth-order valence-corrected chi connectivity index (χ4v) is 3.68. The van der Waals surface area contributed by atoms with Crippen molar-refractivity contribution in [3.8, 4) is 12.3 Å². The molecule has 1 fully saturated rings. The molecule has 0 spiro atoms. The minimum Gasteiger partial charge on any atom is -0.463 e. The van der Waals surface area contributed by atoms with Gasteiger partial charge in [0.2, 0.25) is 0 Å². The summed E-state index contributed by atoms with van der Waals surface area (Å²) in [6.45, 7) is 0.901. The van der Waals surface area contributed by atoms with Gasteiger partial charge in [-0.25, -0.2) is 19.7 Å². The number of hydrogen-bond acceptors (Lipinski definition) is 8. The number of hydrogen-bond donors (Lipinski definition) is 4. The third-order valence-electron chi connectivity index (χ3n) is 4.95. The molecule has 11 nitrogen and oxygen atoms in total. The van der Waals surface area contributed by atoms with Crippen molar-refractivity contribution >= 4 is 23.1 Å². The molecule has 1 aliphatic rings. The van der Waals surface area contributed by atoms with E-state index in [1.165, 1.54) is 24.1 Å². The molecule has 2 aromatic rings. The monoisotopic (exact) mass is 394 g/mol. The van der Waals surface area contributed by atoms with Crippen LogP contribution in [0, 0.1) is 18.3 Å². The normalized spacial score (nSPS) is 28.2. The molecule has 0 saturated carbocycles. The number of anilines is 1. The van der Waals surface area contributed by atoms with Crippen LogP contribution in [0.25, 0.3) is 11.2 Å². The first kappa shape index (κ1) is 19.7. The van der Waals surface area contributed by atoms with Crippen molar-refractivity contribution < 1.29 is 29.3 Å². The van der Waals surface area contributed by atoms with Gasteiger partial charge in [0.1, 0.15) is 11.8 Å². The van der Waals surface area contributed by atoms with Gasteiger partial charge in [-0.1, -0.05) is 17.3 Å². The lowest BCUT2D eigenvalue weighted by atomic mass is 9.78. The van der Waals surface area contributed by atoms with Crippen LogP contribution in [0.1, 0.15) is 19.6 Å². The van der Waals surface area contributed by atoms with E-state index in [1.807, 2.05) is 0 Å². The van der Waals surface area contributed by atoms with Crippen molar-refractivity contribution in [2.45, 2.75) is 37.3 Å². The van der Waals surface area contributed by atoms with Crippen LogP contribution in [-0.2, 0) is 4.74 Å². The second-order valence-electron chi connectivity index (χ2n) is 6.36. The van der Waals surface area contributed by atoms with E-state index in [-0.39, 0.29) is 23.4 Å². The van der Waals surface area contributed by atoms with Gasteiger partial charge in [-0.15, -0.1) is 11.5 Å². The van der Waals surface area contributed by atoms with E-state index in [9.17, 15) is 19.5 Å². The maximum atomic E-state index is 14.3. The second-order valence-corrected chi connectivity index (χ2v) is 6.36. The van der Waals surface area contributed by atoms with E-state index < -0.39 is 47.7 Å². The molecule has 12 heteroatoms. The Kier molecular flexibility index (Phi) is 5.07. The Morgan fingerprint density at radius 3 is 2.86 bits per heavy atom. The van der Waals surface area contributed by atoms with Crippen molar-refractivity contribution in [3.05, 3.63) is 12.7 Å². The molecule has 5 N–H and O–H groups in total. The number of amides is 1. The Bertz CT molecular complexity index is 932. The molecule has 0 aromatic carbocycles. The molecule has 1 amide bonds. The Morgan fingerprint density at radius 2 is 2.29 bits per heavy atom. The number of carbonyl (C=O) groups is 1. The highest BCUT2D eigenvalue weighted by Crippen LogP contribution is 2.46. The number of nitrogens with zero attached hydrogens (tertiary/aromatic N) is 5. The Hall–Kier alpha value is -3.01. The van der Waals surface area contributed by atoms with Gasteiger partial charge in [-0.3, -0.25) is 4.57 Å². The lowest BCUT2D eigenvalue weighted by molar-refractivity contribution is -0.0788. The number of aliphatic hydroxyl groups excluding tert-OH is 1. The summed E-state index contributed by atoms with van der Waals surface area (Å²) in [5.74, 6) is 1.01. The highest BCUT2D eigenvalue weighted by Gasteiger charge is 2.60. The zero-order valence-electron chi connectivity index (χ0n) is 14.8. The molecule has 2 aromatic heterocycles. The van der Waals surface area contributed by atoms with Gasteiger partial charge >= 0.3 is 6.09 Å². The maximum Gasteiger partial charge on any atom is 0.435 e. The average Bonchev–Trinajstić information content (AvgIpc) is 3.23. The third kappa shape index (κ3) is 2.80. The molecule has 3 rings (SSSR count). The number of terminal acetylenes is 1. The van der Waals surface area contributed by atoms with E-state index in [0.717, 1.165) is 0 Å². The summed E-state index contributed by atoms with van der Waals surface area (Å²) < 4.78 is 21.3. The van der Waals surface area contributed by atoms with Gasteiger partial charge in [-0.2, -0.15) is 0 Å². The highest BCUT2D eigenvalue weighted by molar-refractivity contribution is 5.81. The van der Waals surface area contributed by atoms with Crippen molar-refractivity contribution in [1.82, 2.24) is 24.6 Å². The van der Waals surface area contributed by atoms with E-state index in [4.69, 9.17) is 22.0 Å². The quantitative estimate of drug-likeness (QED) is 0.402. The number of ether oxygens (including phenoxy) is 1. The number of fused-ring (bicyclic) bond motifs is 1. The van der Waals surface area contributed by atoms with Gasteiger partial charge in [-0.05, 0) is 6.42 Å². The Balaban J connectivity index is 2.12. The lowest BCUT2D eigenvalue weighted by Gasteiger charge is -2.35. The van der Waals surface area contributed by atoms with E-state index in [2.05, 4.69) is 20.9 Å². The zero-order chi connectivity index (χ0) is 20.6. The standard InChI is InChI=1S/C16H19FN6O5/c1-3-8(23(17)15(25)26)10-9(5-24)28-14(16(10,27)4-2)22-7-21-11-12(18)19-6-20-13(11)22/h2,6-10,14,24,27H,3,5H2,1H3,(H,25,26)(H2,18,19,20)/t8?,9?,10?,14-,16+/m1/s1. The van der Waals surface area contributed by atoms with Crippen molar-refractivity contribution in [3.63, 3.8) is 0 Å². The summed E-state index contributed by atoms with van der Waals surface area (Å²) in [5, 5.41) is 29.6. The van der Waals surface area contributed by atoms with Crippen LogP contribution in [0.2, 0.25) is 0 Å². The summed E-state index contributed by atoms with van der Waals surface area (Å²) >= 11 is 0. The molecule has 3 unspecified atom stereocenters. The van der Waals surface area contributed by atoms with Gasteiger partial charge < -0.3 is 25.8 Å². The molecule has 0 aliphatic carbocycles. The highest BCUT2D eigenvalue weighted by atomic mass is 19.2. The molecule has 0 radical (unpaired) electrons. The van der Waals surface area contributed by atoms with Crippen LogP contribution in [0.3, 0.4) is 0 Å². The number of carboxylic acid groups (broad SMARTS) is 1. The topological polar surface area (TPSA) is 160 Å². The van der Waals surface area contributed by atoms with Gasteiger partial charge in [0, 0.05) is 0 Å². The number of rotatable bonds is 5. The first-order valence-electron chi connectivity index (χ1n) is 8.37. The number of nitrogens with two attached hydrogens (primary N) is 1. The molecule has 5 atom stereocenters. The van der Waals surface area contributed by atoms with Crippen LogP contribution < -0.4 is 5.73 Å². The van der Waals surface area contributed by atoms with E-state index in [0.29, 0.717) is 0 Å².